The third kappa shape index (κ3) is 2.91. The number of carbonyl (C=O) groups excluding carboxylic acids is 1. The van der Waals surface area contributed by atoms with Crippen LogP contribution in [-0.4, -0.2) is 30.2 Å². The summed E-state index contributed by atoms with van der Waals surface area (Å²) in [5.41, 5.74) is 0.493. The maximum Gasteiger partial charge on any atom is 0.261 e. The van der Waals surface area contributed by atoms with Crippen molar-refractivity contribution in [1.82, 2.24) is 4.98 Å². The summed E-state index contributed by atoms with van der Waals surface area (Å²) in [4.78, 5) is 17.5. The van der Waals surface area contributed by atoms with E-state index in [1.807, 2.05) is 0 Å². The second-order valence-corrected chi connectivity index (χ2v) is 4.76. The third-order valence-corrected chi connectivity index (χ3v) is 3.53. The lowest BCUT2D eigenvalue weighted by atomic mass is 10.1. The minimum atomic E-state index is -1.23. The number of carbonyl (C=O) groups is 1. The topological polar surface area (TPSA) is 62.7 Å². The lowest BCUT2D eigenvalue weighted by molar-refractivity contribution is -0.126. The Kier molecular flexibility index (Phi) is 4.13. The smallest absolute Gasteiger partial charge is 0.261 e. The fraction of sp³-hybridized carbons (Fsp3) is 0.231. The Balaban J connectivity index is 2.18. The molecule has 0 fully saturated rings. The summed E-state index contributed by atoms with van der Waals surface area (Å²) in [7, 11) is 3.12. The van der Waals surface area contributed by atoms with Crippen LogP contribution in [0, 0.1) is 0 Å². The number of likely N-dealkylation sites (N-methyl/N-ethyl adjacent to an activating group) is 1. The molecule has 1 aromatic carbocycles. The van der Waals surface area contributed by atoms with Gasteiger partial charge in [-0.3, -0.25) is 9.69 Å². The summed E-state index contributed by atoms with van der Waals surface area (Å²) >= 11 is 1.34. The van der Waals surface area contributed by atoms with E-state index < -0.39 is 12.0 Å². The van der Waals surface area contributed by atoms with Gasteiger partial charge in [-0.05, 0) is 17.7 Å². The highest BCUT2D eigenvalue weighted by molar-refractivity contribution is 7.13. The molecule has 0 radical (unpaired) electrons. The molecule has 1 N–H and O–H groups in total. The van der Waals surface area contributed by atoms with Gasteiger partial charge < -0.3 is 9.84 Å². The molecule has 0 saturated heterocycles. The van der Waals surface area contributed by atoms with Gasteiger partial charge in [0.15, 0.2) is 11.2 Å². The molecule has 0 aliphatic rings. The van der Waals surface area contributed by atoms with Crippen molar-refractivity contribution < 1.29 is 14.6 Å². The van der Waals surface area contributed by atoms with Gasteiger partial charge in [-0.1, -0.05) is 12.1 Å². The Morgan fingerprint density at radius 1 is 1.53 bits per heavy atom. The third-order valence-electron chi connectivity index (χ3n) is 2.68. The largest absolute Gasteiger partial charge is 0.497 e. The van der Waals surface area contributed by atoms with Crippen LogP contribution >= 0.6 is 11.3 Å². The van der Waals surface area contributed by atoms with E-state index in [4.69, 9.17) is 4.74 Å². The molecule has 1 heterocycles. The first-order chi connectivity index (χ1) is 9.13. The van der Waals surface area contributed by atoms with Crippen molar-refractivity contribution in [3.8, 4) is 5.75 Å². The number of hydrogen-bond donors (Lipinski definition) is 1. The molecule has 19 heavy (non-hydrogen) atoms. The highest BCUT2D eigenvalue weighted by atomic mass is 32.1. The maximum atomic E-state index is 12.1. The van der Waals surface area contributed by atoms with Crippen LogP contribution in [0.3, 0.4) is 0 Å². The van der Waals surface area contributed by atoms with Crippen LogP contribution in [0.4, 0.5) is 5.13 Å². The van der Waals surface area contributed by atoms with Gasteiger partial charge >= 0.3 is 0 Å². The van der Waals surface area contributed by atoms with Crippen molar-refractivity contribution in [2.75, 3.05) is 19.1 Å². The monoisotopic (exact) mass is 278 g/mol. The van der Waals surface area contributed by atoms with Gasteiger partial charge in [0.2, 0.25) is 0 Å². The quantitative estimate of drug-likeness (QED) is 0.927. The highest BCUT2D eigenvalue weighted by Crippen LogP contribution is 2.23. The van der Waals surface area contributed by atoms with Gasteiger partial charge in [-0.15, -0.1) is 11.3 Å². The van der Waals surface area contributed by atoms with Crippen molar-refractivity contribution in [3.05, 3.63) is 41.4 Å². The molecular weight excluding hydrogens is 264 g/mol. The second-order valence-electron chi connectivity index (χ2n) is 3.89. The predicted octanol–water partition coefficient (Wildman–Crippen LogP) is 1.85. The summed E-state index contributed by atoms with van der Waals surface area (Å²) < 4.78 is 5.07. The fourth-order valence-electron chi connectivity index (χ4n) is 1.61. The number of methoxy groups -OCH3 is 1. The maximum absolute atomic E-state index is 12.1. The molecule has 5 nitrogen and oxygen atoms in total. The number of amides is 1. The van der Waals surface area contributed by atoms with Gasteiger partial charge in [0, 0.05) is 18.6 Å². The van der Waals surface area contributed by atoms with E-state index in [-0.39, 0.29) is 0 Å². The van der Waals surface area contributed by atoms with Gasteiger partial charge in [-0.2, -0.15) is 0 Å². The Morgan fingerprint density at radius 2 is 2.32 bits per heavy atom. The Morgan fingerprint density at radius 3 is 2.95 bits per heavy atom. The summed E-state index contributed by atoms with van der Waals surface area (Å²) in [5.74, 6) is 0.171. The van der Waals surface area contributed by atoms with Crippen molar-refractivity contribution >= 4 is 22.4 Å². The highest BCUT2D eigenvalue weighted by Gasteiger charge is 2.23. The molecule has 2 rings (SSSR count). The standard InChI is InChI=1S/C13H14N2O3S/c1-15(13-14-6-7-19-13)12(17)11(16)9-4-3-5-10(8-9)18-2/h3-8,11,16H,1-2H3. The molecule has 2 aromatic rings. The molecule has 0 bridgehead atoms. The van der Waals surface area contributed by atoms with Crippen molar-refractivity contribution in [2.24, 2.45) is 0 Å². The second kappa shape index (κ2) is 5.81. The van der Waals surface area contributed by atoms with Crippen LogP contribution in [0.25, 0.3) is 0 Å². The zero-order valence-corrected chi connectivity index (χ0v) is 11.4. The molecule has 0 aliphatic heterocycles. The molecule has 0 aliphatic carbocycles. The van der Waals surface area contributed by atoms with Gasteiger partial charge in [0.05, 0.1) is 7.11 Å². The summed E-state index contributed by atoms with van der Waals surface area (Å²) in [6.45, 7) is 0. The van der Waals surface area contributed by atoms with Crippen molar-refractivity contribution in [3.63, 3.8) is 0 Å². The molecule has 1 aromatic heterocycles. The number of benzene rings is 1. The summed E-state index contributed by atoms with van der Waals surface area (Å²) in [5, 5.41) is 12.4. The first kappa shape index (κ1) is 13.5. The zero-order chi connectivity index (χ0) is 13.8. The minimum Gasteiger partial charge on any atom is -0.497 e. The average molecular weight is 278 g/mol. The van der Waals surface area contributed by atoms with Gasteiger partial charge in [0.1, 0.15) is 5.75 Å². The van der Waals surface area contributed by atoms with Crippen LogP contribution < -0.4 is 9.64 Å². The summed E-state index contributed by atoms with van der Waals surface area (Å²) in [6.07, 6.45) is 0.380. The number of aliphatic hydroxyl groups is 1. The molecule has 1 atom stereocenters. The van der Waals surface area contributed by atoms with Gasteiger partial charge in [-0.25, -0.2) is 4.98 Å². The number of ether oxygens (including phenoxy) is 1. The fourth-order valence-corrected chi connectivity index (χ4v) is 2.23. The van der Waals surface area contributed by atoms with Crippen molar-refractivity contribution in [1.29, 1.82) is 0 Å². The molecule has 0 spiro atoms. The number of hydrogen-bond acceptors (Lipinski definition) is 5. The van der Waals surface area contributed by atoms with E-state index in [9.17, 15) is 9.90 Å². The Labute approximate surface area is 115 Å². The lowest BCUT2D eigenvalue weighted by Crippen LogP contribution is -2.31. The van der Waals surface area contributed by atoms with E-state index in [1.54, 1.807) is 42.9 Å². The Bertz CT molecular complexity index is 557. The van der Waals surface area contributed by atoms with E-state index >= 15 is 0 Å². The molecule has 1 amide bonds. The number of nitrogens with zero attached hydrogens (tertiary/aromatic N) is 2. The number of aliphatic hydroxyl groups excluding tert-OH is 1. The van der Waals surface area contributed by atoms with Crippen LogP contribution in [0.15, 0.2) is 35.8 Å². The predicted molar refractivity (Wildman–Crippen MR) is 73.5 cm³/mol. The van der Waals surface area contributed by atoms with E-state index in [0.717, 1.165) is 0 Å². The number of aromatic nitrogens is 1. The lowest BCUT2D eigenvalue weighted by Gasteiger charge is -2.18. The van der Waals surface area contributed by atoms with Gasteiger partial charge in [0.25, 0.3) is 5.91 Å². The normalized spacial score (nSPS) is 11.9. The molecule has 100 valence electrons. The van der Waals surface area contributed by atoms with Crippen LogP contribution in [0.2, 0.25) is 0 Å². The minimum absolute atomic E-state index is 0.428. The van der Waals surface area contributed by atoms with Crippen LogP contribution in [0.5, 0.6) is 5.75 Å². The molecule has 6 heteroatoms. The molecule has 0 saturated carbocycles. The number of rotatable bonds is 4. The summed E-state index contributed by atoms with van der Waals surface area (Å²) in [6, 6.07) is 6.80. The first-order valence-corrected chi connectivity index (χ1v) is 6.50. The first-order valence-electron chi connectivity index (χ1n) is 5.62. The number of anilines is 1. The number of thiazole rings is 1. The average Bonchev–Trinajstić information content (AvgIpc) is 2.99. The van der Waals surface area contributed by atoms with Crippen molar-refractivity contribution in [2.45, 2.75) is 6.10 Å². The molecular formula is C13H14N2O3S. The zero-order valence-electron chi connectivity index (χ0n) is 10.6. The van der Waals surface area contributed by atoms with Crippen LogP contribution in [-0.2, 0) is 4.79 Å². The molecule has 1 unspecified atom stereocenters. The van der Waals surface area contributed by atoms with E-state index in [2.05, 4.69) is 4.98 Å². The Hall–Kier alpha value is -1.92. The van der Waals surface area contributed by atoms with E-state index in [0.29, 0.717) is 16.4 Å². The van der Waals surface area contributed by atoms with Crippen LogP contribution in [0.1, 0.15) is 11.7 Å². The SMILES string of the molecule is COc1cccc(C(O)C(=O)N(C)c2nccs2)c1. The van der Waals surface area contributed by atoms with E-state index in [1.165, 1.54) is 23.3 Å².